The lowest BCUT2D eigenvalue weighted by atomic mass is 10.1. The summed E-state index contributed by atoms with van der Waals surface area (Å²) >= 11 is 0. The molecule has 1 amide bonds. The average Bonchev–Trinajstić information content (AvgIpc) is 2.60. The second kappa shape index (κ2) is 4.63. The lowest BCUT2D eigenvalue weighted by molar-refractivity contribution is -0.388. The van der Waals surface area contributed by atoms with Gasteiger partial charge in [-0.25, -0.2) is 0 Å². The lowest BCUT2D eigenvalue weighted by Gasteiger charge is -2.23. The number of imidazole rings is 1. The molecule has 0 aromatic carbocycles. The number of anilines is 1. The first-order chi connectivity index (χ1) is 8.50. The van der Waals surface area contributed by atoms with Crippen LogP contribution in [0.5, 0.6) is 0 Å². The monoisotopic (exact) mass is 253 g/mol. The number of hydrogen-bond donors (Lipinski definition) is 2. The number of hydrogen-bond acceptors (Lipinski definition) is 5. The Balaban J connectivity index is 2.27. The van der Waals surface area contributed by atoms with Crippen LogP contribution in [0.4, 0.5) is 11.6 Å². The predicted molar refractivity (Wildman–Crippen MR) is 64.3 cm³/mol. The Morgan fingerprint density at radius 1 is 1.61 bits per heavy atom. The van der Waals surface area contributed by atoms with Crippen LogP contribution in [0.3, 0.4) is 0 Å². The van der Waals surface area contributed by atoms with Crippen molar-refractivity contribution in [2.45, 2.75) is 25.8 Å². The van der Waals surface area contributed by atoms with E-state index in [-0.39, 0.29) is 17.5 Å². The van der Waals surface area contributed by atoms with Gasteiger partial charge < -0.3 is 20.7 Å². The summed E-state index contributed by atoms with van der Waals surface area (Å²) in [6.07, 6.45) is 1.52. The molecule has 98 valence electrons. The second-order valence-electron chi connectivity index (χ2n) is 4.28. The van der Waals surface area contributed by atoms with Crippen molar-refractivity contribution in [1.82, 2.24) is 14.9 Å². The predicted octanol–water partition coefficient (Wildman–Crippen LogP) is 0.327. The van der Waals surface area contributed by atoms with E-state index in [1.54, 1.807) is 18.5 Å². The fourth-order valence-corrected chi connectivity index (χ4v) is 1.96. The minimum absolute atomic E-state index is 0.130. The zero-order valence-electron chi connectivity index (χ0n) is 10.3. The van der Waals surface area contributed by atoms with Crippen LogP contribution in [-0.4, -0.2) is 33.0 Å². The van der Waals surface area contributed by atoms with Gasteiger partial charge in [0.05, 0.1) is 0 Å². The number of piperidine rings is 1. The first kappa shape index (κ1) is 12.3. The van der Waals surface area contributed by atoms with E-state index in [9.17, 15) is 14.9 Å². The highest BCUT2D eigenvalue weighted by Gasteiger charge is 2.29. The number of nitrogens with zero attached hydrogens (tertiary/aromatic N) is 3. The Kier molecular flexibility index (Phi) is 3.17. The molecule has 1 fully saturated rings. The highest BCUT2D eigenvalue weighted by atomic mass is 16.6. The number of carbonyl (C=O) groups excluding carboxylic acids is 1. The van der Waals surface area contributed by atoms with Crippen molar-refractivity contribution in [2.75, 3.05) is 11.9 Å². The molecule has 18 heavy (non-hydrogen) atoms. The standard InChI is InChI=1S/C10H15N5O3/c1-6-12-9(15(17)18)8(14(6)2)13-7-4-3-5-11-10(7)16/h7,13H,3-5H2,1-2H3,(H,11,16). The first-order valence-corrected chi connectivity index (χ1v) is 5.72. The molecular formula is C10H15N5O3. The van der Waals surface area contributed by atoms with Crippen LogP contribution in [0.1, 0.15) is 18.7 Å². The molecule has 0 radical (unpaired) electrons. The molecule has 8 nitrogen and oxygen atoms in total. The van der Waals surface area contributed by atoms with Gasteiger partial charge in [-0.3, -0.25) is 9.36 Å². The highest BCUT2D eigenvalue weighted by Crippen LogP contribution is 2.25. The molecule has 1 aromatic rings. The van der Waals surface area contributed by atoms with Gasteiger partial charge in [-0.05, 0) is 22.7 Å². The summed E-state index contributed by atoms with van der Waals surface area (Å²) in [6, 6.07) is -0.438. The topological polar surface area (TPSA) is 102 Å². The van der Waals surface area contributed by atoms with E-state index in [0.29, 0.717) is 18.8 Å². The molecule has 0 saturated carbocycles. The van der Waals surface area contributed by atoms with Gasteiger partial charge in [0, 0.05) is 20.5 Å². The number of aryl methyl sites for hydroxylation is 1. The fraction of sp³-hybridized carbons (Fsp3) is 0.600. The van der Waals surface area contributed by atoms with Crippen LogP contribution in [0, 0.1) is 17.0 Å². The van der Waals surface area contributed by atoms with E-state index < -0.39 is 11.0 Å². The van der Waals surface area contributed by atoms with E-state index in [4.69, 9.17) is 0 Å². The van der Waals surface area contributed by atoms with Gasteiger partial charge in [0.25, 0.3) is 0 Å². The van der Waals surface area contributed by atoms with Crippen molar-refractivity contribution in [2.24, 2.45) is 7.05 Å². The summed E-state index contributed by atoms with van der Waals surface area (Å²) in [4.78, 5) is 25.8. The fourth-order valence-electron chi connectivity index (χ4n) is 1.96. The number of nitro groups is 1. The van der Waals surface area contributed by atoms with Gasteiger partial charge in [-0.1, -0.05) is 0 Å². The summed E-state index contributed by atoms with van der Waals surface area (Å²) in [6.45, 7) is 2.34. The molecule has 8 heteroatoms. The van der Waals surface area contributed by atoms with Crippen molar-refractivity contribution >= 4 is 17.5 Å². The third-order valence-electron chi connectivity index (χ3n) is 3.07. The zero-order valence-corrected chi connectivity index (χ0v) is 10.3. The summed E-state index contributed by atoms with van der Waals surface area (Å²) in [5.41, 5.74) is 0. The zero-order chi connectivity index (χ0) is 13.3. The second-order valence-corrected chi connectivity index (χ2v) is 4.28. The van der Waals surface area contributed by atoms with Crippen LogP contribution >= 0.6 is 0 Å². The molecule has 2 rings (SSSR count). The van der Waals surface area contributed by atoms with Crippen LogP contribution in [0.15, 0.2) is 0 Å². The molecule has 1 atom stereocenters. The smallest absolute Gasteiger partial charge is 0.358 e. The van der Waals surface area contributed by atoms with Gasteiger partial charge >= 0.3 is 5.82 Å². The Labute approximate surface area is 104 Å². The SMILES string of the molecule is Cc1nc([N+](=O)[O-])c(NC2CCCNC2=O)n1C. The van der Waals surface area contributed by atoms with E-state index in [2.05, 4.69) is 15.6 Å². The molecule has 1 aliphatic heterocycles. The lowest BCUT2D eigenvalue weighted by Crippen LogP contribution is -2.44. The quantitative estimate of drug-likeness (QED) is 0.597. The van der Waals surface area contributed by atoms with E-state index in [1.807, 2.05) is 0 Å². The molecular weight excluding hydrogens is 238 g/mol. The van der Waals surface area contributed by atoms with Crippen molar-refractivity contribution in [3.8, 4) is 0 Å². The molecule has 0 aliphatic carbocycles. The van der Waals surface area contributed by atoms with E-state index in [0.717, 1.165) is 6.42 Å². The maximum absolute atomic E-state index is 11.6. The van der Waals surface area contributed by atoms with Crippen LogP contribution in [-0.2, 0) is 11.8 Å². The highest BCUT2D eigenvalue weighted by molar-refractivity contribution is 5.85. The molecule has 1 aromatic heterocycles. The minimum atomic E-state index is -0.546. The van der Waals surface area contributed by atoms with E-state index >= 15 is 0 Å². The maximum atomic E-state index is 11.6. The molecule has 2 heterocycles. The first-order valence-electron chi connectivity index (χ1n) is 5.72. The number of nitrogens with one attached hydrogen (secondary N) is 2. The molecule has 1 aliphatic rings. The molecule has 0 spiro atoms. The van der Waals surface area contributed by atoms with Crippen molar-refractivity contribution in [1.29, 1.82) is 0 Å². The largest absolute Gasteiger partial charge is 0.406 e. The third-order valence-corrected chi connectivity index (χ3v) is 3.07. The Morgan fingerprint density at radius 2 is 2.33 bits per heavy atom. The number of amides is 1. The Morgan fingerprint density at radius 3 is 2.94 bits per heavy atom. The maximum Gasteiger partial charge on any atom is 0.406 e. The van der Waals surface area contributed by atoms with Crippen molar-refractivity contribution in [3.05, 3.63) is 15.9 Å². The summed E-state index contributed by atoms with van der Waals surface area (Å²) in [7, 11) is 1.68. The van der Waals surface area contributed by atoms with Crippen LogP contribution < -0.4 is 10.6 Å². The average molecular weight is 253 g/mol. The third kappa shape index (κ3) is 2.13. The Hall–Kier alpha value is -2.12. The van der Waals surface area contributed by atoms with Crippen molar-refractivity contribution < 1.29 is 9.72 Å². The normalized spacial score (nSPS) is 19.4. The molecule has 1 saturated heterocycles. The minimum Gasteiger partial charge on any atom is -0.358 e. The van der Waals surface area contributed by atoms with Gasteiger partial charge in [0.2, 0.25) is 17.5 Å². The Bertz CT molecular complexity index is 496. The van der Waals surface area contributed by atoms with Crippen molar-refractivity contribution in [3.63, 3.8) is 0 Å². The molecule has 1 unspecified atom stereocenters. The molecule has 2 N–H and O–H groups in total. The summed E-state index contributed by atoms with van der Waals surface area (Å²) in [5.74, 6) is 0.433. The van der Waals surface area contributed by atoms with Gasteiger partial charge in [-0.15, -0.1) is 0 Å². The van der Waals surface area contributed by atoms with Crippen LogP contribution in [0.2, 0.25) is 0 Å². The summed E-state index contributed by atoms with van der Waals surface area (Å²) in [5, 5.41) is 16.5. The summed E-state index contributed by atoms with van der Waals surface area (Å²) < 4.78 is 1.58. The number of carbonyl (C=O) groups is 1. The number of rotatable bonds is 3. The van der Waals surface area contributed by atoms with Gasteiger partial charge in [0.15, 0.2) is 0 Å². The van der Waals surface area contributed by atoms with Gasteiger partial charge in [0.1, 0.15) is 6.04 Å². The van der Waals surface area contributed by atoms with E-state index in [1.165, 1.54) is 0 Å². The van der Waals surface area contributed by atoms with Crippen LogP contribution in [0.25, 0.3) is 0 Å². The number of aromatic nitrogens is 2. The molecule has 0 bridgehead atoms. The van der Waals surface area contributed by atoms with Gasteiger partial charge in [-0.2, -0.15) is 0 Å².